The predicted octanol–water partition coefficient (Wildman–Crippen LogP) is 1.90. The van der Waals surface area contributed by atoms with Gasteiger partial charge in [-0.1, -0.05) is 23.2 Å². The van der Waals surface area contributed by atoms with Gasteiger partial charge in [0.15, 0.2) is 17.6 Å². The Morgan fingerprint density at radius 2 is 1.81 bits per heavy atom. The van der Waals surface area contributed by atoms with E-state index in [9.17, 15) is 9.90 Å². The Bertz CT molecular complexity index is 360. The van der Waals surface area contributed by atoms with Gasteiger partial charge in [0, 0.05) is 0 Å². The highest BCUT2D eigenvalue weighted by Crippen LogP contribution is 2.33. The first-order chi connectivity index (χ1) is 7.54. The second-order valence-corrected chi connectivity index (χ2v) is 3.74. The van der Waals surface area contributed by atoms with Gasteiger partial charge in [0.2, 0.25) is 5.78 Å². The molecule has 1 unspecified atom stereocenters. The lowest BCUT2D eigenvalue weighted by Gasteiger charge is -2.23. The van der Waals surface area contributed by atoms with Crippen LogP contribution in [-0.4, -0.2) is 30.2 Å². The molecule has 0 bridgehead atoms. The lowest BCUT2D eigenvalue weighted by atomic mass is 10.1. The fraction of sp³-hybridized carbons (Fsp3) is 0.500. The maximum Gasteiger partial charge on any atom is 0.243 e. The molecule has 0 fully saturated rings. The van der Waals surface area contributed by atoms with E-state index in [1.807, 2.05) is 0 Å². The molecule has 1 rings (SSSR count). The number of Topliss-reactive ketones (excluding diaryl/α,β-unsaturated/α-hetero) is 1. The first kappa shape index (κ1) is 13.4. The minimum absolute atomic E-state index is 0.0254. The Kier molecular flexibility index (Phi) is 4.65. The highest BCUT2D eigenvalue weighted by Gasteiger charge is 2.35. The van der Waals surface area contributed by atoms with Crippen LogP contribution in [0, 0.1) is 0 Å². The van der Waals surface area contributed by atoms with E-state index in [-0.39, 0.29) is 34.8 Å². The number of carbonyl (C=O) groups excluding carboxylic acids is 1. The van der Waals surface area contributed by atoms with Gasteiger partial charge in [-0.3, -0.25) is 4.79 Å². The largest absolute Gasteiger partial charge is 0.493 e. The molecule has 6 heteroatoms. The molecule has 0 spiro atoms. The molecule has 1 atom stereocenters. The number of rotatable bonds is 4. The SMILES string of the molecule is CCOC1=C(Cl)C(O)C(OCC)=C(Cl)C1=O. The third-order valence-electron chi connectivity index (χ3n) is 1.92. The number of ketones is 1. The maximum atomic E-state index is 11.7. The number of ether oxygens (including phenoxy) is 2. The van der Waals surface area contributed by atoms with E-state index in [2.05, 4.69) is 0 Å². The van der Waals surface area contributed by atoms with Crippen LogP contribution in [0.4, 0.5) is 0 Å². The number of aliphatic hydroxyl groups is 1. The van der Waals surface area contributed by atoms with Crippen LogP contribution in [0.2, 0.25) is 0 Å². The van der Waals surface area contributed by atoms with Crippen molar-refractivity contribution in [1.82, 2.24) is 0 Å². The van der Waals surface area contributed by atoms with Crippen molar-refractivity contribution in [1.29, 1.82) is 0 Å². The van der Waals surface area contributed by atoms with E-state index in [0.29, 0.717) is 0 Å². The van der Waals surface area contributed by atoms with Crippen LogP contribution in [0.1, 0.15) is 13.8 Å². The molecule has 0 saturated heterocycles. The molecule has 0 aromatic rings. The van der Waals surface area contributed by atoms with Crippen LogP contribution >= 0.6 is 23.2 Å². The van der Waals surface area contributed by atoms with Gasteiger partial charge in [0.1, 0.15) is 10.1 Å². The molecule has 1 aliphatic carbocycles. The van der Waals surface area contributed by atoms with Gasteiger partial charge in [0.25, 0.3) is 0 Å². The molecule has 0 aromatic carbocycles. The third kappa shape index (κ3) is 2.34. The summed E-state index contributed by atoms with van der Waals surface area (Å²) >= 11 is 11.6. The fourth-order valence-electron chi connectivity index (χ4n) is 1.26. The first-order valence-corrected chi connectivity index (χ1v) is 5.57. The van der Waals surface area contributed by atoms with Crippen LogP contribution in [0.25, 0.3) is 0 Å². The summed E-state index contributed by atoms with van der Waals surface area (Å²) in [6.07, 6.45) is -1.24. The molecule has 0 radical (unpaired) electrons. The minimum atomic E-state index is -1.24. The van der Waals surface area contributed by atoms with Gasteiger partial charge in [-0.2, -0.15) is 0 Å². The summed E-state index contributed by atoms with van der Waals surface area (Å²) in [6, 6.07) is 0. The molecule has 0 amide bonds. The Morgan fingerprint density at radius 1 is 1.25 bits per heavy atom. The molecule has 1 N–H and O–H groups in total. The zero-order valence-corrected chi connectivity index (χ0v) is 10.4. The predicted molar refractivity (Wildman–Crippen MR) is 60.0 cm³/mol. The van der Waals surface area contributed by atoms with Gasteiger partial charge in [-0.25, -0.2) is 0 Å². The molecule has 90 valence electrons. The summed E-state index contributed by atoms with van der Waals surface area (Å²) in [6.45, 7) is 3.96. The summed E-state index contributed by atoms with van der Waals surface area (Å²) in [5.41, 5.74) is 0. The highest BCUT2D eigenvalue weighted by molar-refractivity contribution is 6.47. The zero-order chi connectivity index (χ0) is 12.3. The Balaban J connectivity index is 3.09. The summed E-state index contributed by atoms with van der Waals surface area (Å²) < 4.78 is 10.1. The van der Waals surface area contributed by atoms with Crippen molar-refractivity contribution < 1.29 is 19.4 Å². The number of allylic oxidation sites excluding steroid dienone is 1. The van der Waals surface area contributed by atoms with Crippen LogP contribution in [0.3, 0.4) is 0 Å². The lowest BCUT2D eigenvalue weighted by Crippen LogP contribution is -2.26. The van der Waals surface area contributed by atoms with Crippen molar-refractivity contribution in [3.63, 3.8) is 0 Å². The van der Waals surface area contributed by atoms with Crippen LogP contribution in [0.15, 0.2) is 21.6 Å². The van der Waals surface area contributed by atoms with E-state index >= 15 is 0 Å². The summed E-state index contributed by atoms with van der Waals surface area (Å²) in [7, 11) is 0. The monoisotopic (exact) mass is 266 g/mol. The minimum Gasteiger partial charge on any atom is -0.493 e. The average Bonchev–Trinajstić information content (AvgIpc) is 2.28. The van der Waals surface area contributed by atoms with Crippen molar-refractivity contribution in [2.45, 2.75) is 20.0 Å². The number of carbonyl (C=O) groups is 1. The van der Waals surface area contributed by atoms with Crippen molar-refractivity contribution >= 4 is 29.0 Å². The van der Waals surface area contributed by atoms with Gasteiger partial charge < -0.3 is 14.6 Å². The number of halogens is 2. The molecule has 0 heterocycles. The Morgan fingerprint density at radius 3 is 2.31 bits per heavy atom. The summed E-state index contributed by atoms with van der Waals surface area (Å²) in [5, 5.41) is 9.47. The van der Waals surface area contributed by atoms with Gasteiger partial charge in [-0.05, 0) is 13.8 Å². The molecule has 0 aromatic heterocycles. The third-order valence-corrected chi connectivity index (χ3v) is 2.65. The molecular weight excluding hydrogens is 255 g/mol. The maximum absolute atomic E-state index is 11.7. The quantitative estimate of drug-likeness (QED) is 0.845. The smallest absolute Gasteiger partial charge is 0.243 e. The normalized spacial score (nSPS) is 21.6. The van der Waals surface area contributed by atoms with Crippen molar-refractivity contribution in [2.75, 3.05) is 13.2 Å². The topological polar surface area (TPSA) is 55.8 Å². The average molecular weight is 267 g/mol. The Hall–Kier alpha value is -0.710. The highest BCUT2D eigenvalue weighted by atomic mass is 35.5. The summed E-state index contributed by atoms with van der Waals surface area (Å²) in [4.78, 5) is 11.7. The number of aliphatic hydroxyl groups excluding tert-OH is 1. The van der Waals surface area contributed by atoms with E-state index in [4.69, 9.17) is 32.7 Å². The van der Waals surface area contributed by atoms with Crippen molar-refractivity contribution in [3.05, 3.63) is 21.6 Å². The van der Waals surface area contributed by atoms with Crippen molar-refractivity contribution in [3.8, 4) is 0 Å². The Labute approximate surface area is 103 Å². The summed E-state index contributed by atoms with van der Waals surface area (Å²) in [5.74, 6) is -0.713. The van der Waals surface area contributed by atoms with E-state index in [1.165, 1.54) is 0 Å². The second kappa shape index (κ2) is 5.57. The first-order valence-electron chi connectivity index (χ1n) is 4.82. The number of hydrogen-bond acceptors (Lipinski definition) is 4. The standard InChI is InChI=1S/C10H12Cl2O4/c1-3-15-9-5(11)8(14)10(16-4-2)6(12)7(9)13/h7,13H,3-4H2,1-2H3. The molecule has 1 aliphatic rings. The molecule has 16 heavy (non-hydrogen) atoms. The molecule has 4 nitrogen and oxygen atoms in total. The van der Waals surface area contributed by atoms with Gasteiger partial charge >= 0.3 is 0 Å². The zero-order valence-electron chi connectivity index (χ0n) is 8.92. The van der Waals surface area contributed by atoms with Crippen LogP contribution in [0.5, 0.6) is 0 Å². The van der Waals surface area contributed by atoms with Crippen LogP contribution in [-0.2, 0) is 14.3 Å². The van der Waals surface area contributed by atoms with Crippen molar-refractivity contribution in [2.24, 2.45) is 0 Å². The van der Waals surface area contributed by atoms with E-state index in [1.54, 1.807) is 13.8 Å². The number of hydrogen-bond donors (Lipinski definition) is 1. The van der Waals surface area contributed by atoms with Crippen LogP contribution < -0.4 is 0 Å². The van der Waals surface area contributed by atoms with Gasteiger partial charge in [0.05, 0.1) is 13.2 Å². The second-order valence-electron chi connectivity index (χ2n) is 2.95. The molecule has 0 saturated carbocycles. The molecular formula is C10H12Cl2O4. The fourth-order valence-corrected chi connectivity index (χ4v) is 1.74. The van der Waals surface area contributed by atoms with Gasteiger partial charge in [-0.15, -0.1) is 0 Å². The van der Waals surface area contributed by atoms with E-state index in [0.717, 1.165) is 0 Å². The lowest BCUT2D eigenvalue weighted by molar-refractivity contribution is -0.115. The van der Waals surface area contributed by atoms with E-state index < -0.39 is 11.9 Å². The molecule has 0 aliphatic heterocycles.